The number of para-hydroxylation sites is 1. The lowest BCUT2D eigenvalue weighted by Crippen LogP contribution is -2.48. The number of sulfonamides is 1. The summed E-state index contributed by atoms with van der Waals surface area (Å²) in [5, 5.41) is 1.18. The second kappa shape index (κ2) is 7.51. The number of piperazine rings is 1. The third-order valence-electron chi connectivity index (χ3n) is 4.73. The highest BCUT2D eigenvalue weighted by molar-refractivity contribution is 7.91. The van der Waals surface area contributed by atoms with Gasteiger partial charge in [0, 0.05) is 37.5 Å². The van der Waals surface area contributed by atoms with Crippen molar-refractivity contribution in [1.29, 1.82) is 0 Å². The first kappa shape index (κ1) is 20.5. The van der Waals surface area contributed by atoms with Crippen LogP contribution in [0.15, 0.2) is 52.3 Å². The summed E-state index contributed by atoms with van der Waals surface area (Å²) in [6.07, 6.45) is 1.17. The summed E-state index contributed by atoms with van der Waals surface area (Å²) < 4.78 is 51.9. The van der Waals surface area contributed by atoms with Gasteiger partial charge in [-0.3, -0.25) is 0 Å². The van der Waals surface area contributed by atoms with Crippen LogP contribution < -0.4 is 4.90 Å². The van der Waals surface area contributed by atoms with Gasteiger partial charge in [0.1, 0.15) is 5.52 Å². The number of anilines is 1. The maximum Gasteiger partial charge on any atom is 0.243 e. The highest BCUT2D eigenvalue weighted by atomic mass is 35.5. The molecule has 0 amide bonds. The van der Waals surface area contributed by atoms with Crippen LogP contribution in [0.4, 0.5) is 5.13 Å². The zero-order chi connectivity index (χ0) is 20.8. The first-order valence-corrected chi connectivity index (χ1v) is 13.3. The van der Waals surface area contributed by atoms with Crippen LogP contribution in [0, 0.1) is 0 Å². The van der Waals surface area contributed by atoms with Crippen LogP contribution in [0.1, 0.15) is 0 Å². The lowest BCUT2D eigenvalue weighted by atomic mass is 10.3. The fourth-order valence-corrected chi connectivity index (χ4v) is 6.71. The van der Waals surface area contributed by atoms with E-state index in [1.807, 2.05) is 11.0 Å². The minimum atomic E-state index is -3.58. The maximum absolute atomic E-state index is 12.8. The molecule has 1 fully saturated rings. The van der Waals surface area contributed by atoms with Gasteiger partial charge in [-0.2, -0.15) is 4.31 Å². The van der Waals surface area contributed by atoms with Gasteiger partial charge in [0.05, 0.1) is 14.5 Å². The van der Waals surface area contributed by atoms with Crippen molar-refractivity contribution < 1.29 is 16.8 Å². The SMILES string of the molecule is CS(=O)(=O)c1cccc2sc(N3CCN(S(=O)(=O)c4ccc(Cl)cc4)CC3)nc12. The number of benzene rings is 2. The van der Waals surface area contributed by atoms with Crippen molar-refractivity contribution in [2.75, 3.05) is 37.3 Å². The molecule has 2 heterocycles. The number of sulfone groups is 1. The summed E-state index contributed by atoms with van der Waals surface area (Å²) in [5.74, 6) is 0. The molecule has 0 unspecified atom stereocenters. The van der Waals surface area contributed by atoms with Crippen molar-refractivity contribution in [3.05, 3.63) is 47.5 Å². The smallest absolute Gasteiger partial charge is 0.243 e. The van der Waals surface area contributed by atoms with E-state index in [4.69, 9.17) is 11.6 Å². The maximum atomic E-state index is 12.8. The minimum Gasteiger partial charge on any atom is -0.345 e. The molecular formula is C18H18ClN3O4S3. The highest BCUT2D eigenvalue weighted by Crippen LogP contribution is 2.33. The van der Waals surface area contributed by atoms with E-state index < -0.39 is 19.9 Å². The Hall–Kier alpha value is -1.72. The van der Waals surface area contributed by atoms with E-state index in [1.165, 1.54) is 34.0 Å². The summed E-state index contributed by atoms with van der Waals surface area (Å²) in [7, 11) is -6.96. The quantitative estimate of drug-likeness (QED) is 0.581. The van der Waals surface area contributed by atoms with Gasteiger partial charge in [-0.05, 0) is 36.4 Å². The van der Waals surface area contributed by atoms with Crippen LogP contribution in [0.2, 0.25) is 5.02 Å². The average Bonchev–Trinajstić information content (AvgIpc) is 3.12. The second-order valence-electron chi connectivity index (χ2n) is 6.72. The standard InChI is InChI=1S/C18H18ClN3O4S3/c1-28(23,24)16-4-2-3-15-17(16)20-18(27-15)21-9-11-22(12-10-21)29(25,26)14-7-5-13(19)6-8-14/h2-8H,9-12H2,1H3. The topological polar surface area (TPSA) is 87.7 Å². The Kier molecular flexibility index (Phi) is 5.32. The van der Waals surface area contributed by atoms with Gasteiger partial charge >= 0.3 is 0 Å². The molecule has 0 aliphatic carbocycles. The molecule has 154 valence electrons. The number of nitrogens with zero attached hydrogens (tertiary/aromatic N) is 3. The van der Waals surface area contributed by atoms with Gasteiger partial charge in [0.2, 0.25) is 10.0 Å². The normalized spacial score (nSPS) is 16.4. The molecule has 0 bridgehead atoms. The van der Waals surface area contributed by atoms with E-state index in [1.54, 1.807) is 24.3 Å². The van der Waals surface area contributed by atoms with Gasteiger partial charge in [0.15, 0.2) is 15.0 Å². The van der Waals surface area contributed by atoms with Crippen molar-refractivity contribution in [1.82, 2.24) is 9.29 Å². The molecule has 1 aliphatic heterocycles. The molecule has 3 aromatic rings. The average molecular weight is 472 g/mol. The van der Waals surface area contributed by atoms with Crippen LogP contribution in [0.3, 0.4) is 0 Å². The van der Waals surface area contributed by atoms with Crippen molar-refractivity contribution in [3.8, 4) is 0 Å². The molecule has 0 spiro atoms. The molecule has 4 rings (SSSR count). The molecule has 0 saturated carbocycles. The Labute approximate surface area is 178 Å². The first-order chi connectivity index (χ1) is 13.7. The Morgan fingerprint density at radius 3 is 2.24 bits per heavy atom. The van der Waals surface area contributed by atoms with E-state index in [0.29, 0.717) is 41.8 Å². The van der Waals surface area contributed by atoms with Crippen LogP contribution in [0.25, 0.3) is 10.2 Å². The Bertz CT molecular complexity index is 1260. The largest absolute Gasteiger partial charge is 0.345 e. The number of rotatable bonds is 4. The summed E-state index contributed by atoms with van der Waals surface area (Å²) >= 11 is 7.26. The van der Waals surface area contributed by atoms with E-state index in [2.05, 4.69) is 4.98 Å². The van der Waals surface area contributed by atoms with E-state index in [0.717, 1.165) is 4.70 Å². The van der Waals surface area contributed by atoms with Gasteiger partial charge in [-0.25, -0.2) is 21.8 Å². The lowest BCUT2D eigenvalue weighted by molar-refractivity contribution is 0.385. The highest BCUT2D eigenvalue weighted by Gasteiger charge is 2.29. The monoisotopic (exact) mass is 471 g/mol. The summed E-state index contributed by atoms with van der Waals surface area (Å²) in [4.78, 5) is 6.96. The number of hydrogen-bond donors (Lipinski definition) is 0. The number of thiazole rings is 1. The summed E-state index contributed by atoms with van der Waals surface area (Å²) in [6, 6.07) is 11.2. The van der Waals surface area contributed by atoms with Gasteiger partial charge in [-0.15, -0.1) is 0 Å². The van der Waals surface area contributed by atoms with Crippen molar-refractivity contribution in [2.45, 2.75) is 9.79 Å². The van der Waals surface area contributed by atoms with E-state index in [9.17, 15) is 16.8 Å². The number of aromatic nitrogens is 1. The minimum absolute atomic E-state index is 0.210. The first-order valence-electron chi connectivity index (χ1n) is 8.76. The van der Waals surface area contributed by atoms with E-state index >= 15 is 0 Å². The second-order valence-corrected chi connectivity index (χ2v) is 12.1. The third kappa shape index (κ3) is 3.99. The molecule has 29 heavy (non-hydrogen) atoms. The fourth-order valence-electron chi connectivity index (χ4n) is 3.22. The molecular weight excluding hydrogens is 454 g/mol. The van der Waals surface area contributed by atoms with Gasteiger partial charge in [-0.1, -0.05) is 29.0 Å². The molecule has 11 heteroatoms. The van der Waals surface area contributed by atoms with Crippen molar-refractivity contribution >= 4 is 58.1 Å². The third-order valence-corrected chi connectivity index (χ3v) is 9.11. The molecule has 1 aromatic heterocycles. The molecule has 1 aliphatic rings. The molecule has 7 nitrogen and oxygen atoms in total. The van der Waals surface area contributed by atoms with Crippen LogP contribution in [0.5, 0.6) is 0 Å². The summed E-state index contributed by atoms with van der Waals surface area (Å²) in [5.41, 5.74) is 0.464. The van der Waals surface area contributed by atoms with Gasteiger partial charge in [0.25, 0.3) is 0 Å². The number of halogens is 1. The van der Waals surface area contributed by atoms with E-state index in [-0.39, 0.29) is 9.79 Å². The Morgan fingerprint density at radius 1 is 0.966 bits per heavy atom. The molecule has 0 atom stereocenters. The molecule has 0 radical (unpaired) electrons. The lowest BCUT2D eigenvalue weighted by Gasteiger charge is -2.33. The molecule has 2 aromatic carbocycles. The predicted octanol–water partition coefficient (Wildman–Crippen LogP) is 2.86. The Morgan fingerprint density at radius 2 is 1.62 bits per heavy atom. The predicted molar refractivity (Wildman–Crippen MR) is 115 cm³/mol. The van der Waals surface area contributed by atoms with Crippen molar-refractivity contribution in [2.24, 2.45) is 0 Å². The number of fused-ring (bicyclic) bond motifs is 1. The molecule has 1 saturated heterocycles. The van der Waals surface area contributed by atoms with Crippen LogP contribution >= 0.6 is 22.9 Å². The van der Waals surface area contributed by atoms with Crippen LogP contribution in [-0.4, -0.2) is 58.6 Å². The van der Waals surface area contributed by atoms with Crippen molar-refractivity contribution in [3.63, 3.8) is 0 Å². The number of hydrogen-bond acceptors (Lipinski definition) is 7. The Balaban J connectivity index is 1.55. The fraction of sp³-hybridized carbons (Fsp3) is 0.278. The summed E-state index contributed by atoms with van der Waals surface area (Å²) in [6.45, 7) is 1.58. The van der Waals surface area contributed by atoms with Crippen LogP contribution in [-0.2, 0) is 19.9 Å². The van der Waals surface area contributed by atoms with Gasteiger partial charge < -0.3 is 4.90 Å². The molecule has 0 N–H and O–H groups in total. The zero-order valence-corrected chi connectivity index (χ0v) is 18.7. The zero-order valence-electron chi connectivity index (χ0n) is 15.4.